The van der Waals surface area contributed by atoms with Gasteiger partial charge in [0.05, 0.1) is 23.3 Å². The topological polar surface area (TPSA) is 110 Å². The van der Waals surface area contributed by atoms with Crippen molar-refractivity contribution in [1.82, 2.24) is 29.8 Å². The highest BCUT2D eigenvalue weighted by atomic mass is 19.3. The summed E-state index contributed by atoms with van der Waals surface area (Å²) in [6.45, 7) is 10.8. The maximum absolute atomic E-state index is 13.0. The predicted octanol–water partition coefficient (Wildman–Crippen LogP) is 5.88. The first kappa shape index (κ1) is 29.3. The first-order valence-electron chi connectivity index (χ1n) is 13.4. The number of carbonyl (C=O) groups excluding carboxylic acids is 1. The Morgan fingerprint density at radius 2 is 1.93 bits per heavy atom. The van der Waals surface area contributed by atoms with Gasteiger partial charge in [-0.2, -0.15) is 9.90 Å². The summed E-state index contributed by atoms with van der Waals surface area (Å²) < 4.78 is 26.0. The molecule has 5 rings (SSSR count). The largest absolute Gasteiger partial charge is 0.390 e. The molecule has 0 spiro atoms. The highest BCUT2D eigenvalue weighted by molar-refractivity contribution is 6.09. The first-order chi connectivity index (χ1) is 18.8. The molecule has 2 N–H and O–H groups in total. The maximum Gasteiger partial charge on any atom is 0.270 e. The van der Waals surface area contributed by atoms with Gasteiger partial charge in [-0.05, 0) is 72.6 Å². The van der Waals surface area contributed by atoms with Gasteiger partial charge in [0.15, 0.2) is 0 Å². The van der Waals surface area contributed by atoms with Gasteiger partial charge >= 0.3 is 0 Å². The fourth-order valence-corrected chi connectivity index (χ4v) is 4.88. The number of tetrazole rings is 1. The molecule has 4 aromatic rings. The lowest BCUT2D eigenvalue weighted by Crippen LogP contribution is -2.34. The van der Waals surface area contributed by atoms with Gasteiger partial charge in [0.25, 0.3) is 11.8 Å². The monoisotopic (exact) mass is 553 g/mol. The van der Waals surface area contributed by atoms with Crippen LogP contribution < -0.4 is 5.32 Å². The average Bonchev–Trinajstić information content (AvgIpc) is 3.51. The molecule has 1 aliphatic rings. The molecule has 0 saturated heterocycles. The summed E-state index contributed by atoms with van der Waals surface area (Å²) in [6, 6.07) is 10.0. The van der Waals surface area contributed by atoms with Crippen LogP contribution in [0.4, 0.5) is 14.5 Å². The number of carbonyl (C=O) groups is 1. The standard InChI is InChI=1S/C23H25N7O.C6H12F2O/c1-14-7-8-29-20(9-14)18(13-24-29)22(31)25-19-10-16(6-5-15(19)2)21-26-28-30(27-21)17-11-23(3,4)12-17;1-5(2)3-6(7,8)4-9/h5-10,13,17H,11-12H2,1-4H3,(H,25,31);5,9H,3-4H2,1-2H3. The number of aliphatic hydroxyl groups excluding tert-OH is 1. The minimum Gasteiger partial charge on any atom is -0.390 e. The SMILES string of the molecule is CC(C)CC(F)(F)CO.Cc1ccn2ncc(C(=O)Nc3cc(-c4nnn(C5CC(C)(C)C5)n4)ccc3C)c2c1. The number of halogens is 2. The molecule has 0 atom stereocenters. The van der Waals surface area contributed by atoms with Crippen LogP contribution in [0, 0.1) is 25.2 Å². The molecule has 0 bridgehead atoms. The lowest BCUT2D eigenvalue weighted by Gasteiger charge is -2.41. The molecule has 1 aromatic carbocycles. The quantitative estimate of drug-likeness (QED) is 0.296. The third-order valence-corrected chi connectivity index (χ3v) is 6.94. The number of rotatable bonds is 7. The number of anilines is 1. The van der Waals surface area contributed by atoms with Crippen molar-refractivity contribution in [3.8, 4) is 11.4 Å². The van der Waals surface area contributed by atoms with Crippen molar-refractivity contribution in [2.24, 2.45) is 11.3 Å². The van der Waals surface area contributed by atoms with Crippen LogP contribution in [0.5, 0.6) is 0 Å². The van der Waals surface area contributed by atoms with Crippen LogP contribution in [0.3, 0.4) is 0 Å². The Labute approximate surface area is 232 Å². The number of nitrogens with one attached hydrogen (secondary N) is 1. The predicted molar refractivity (Wildman–Crippen MR) is 149 cm³/mol. The van der Waals surface area contributed by atoms with Gasteiger partial charge in [-0.3, -0.25) is 4.79 Å². The molecule has 9 nitrogen and oxygen atoms in total. The van der Waals surface area contributed by atoms with Gasteiger partial charge in [-0.15, -0.1) is 10.2 Å². The Morgan fingerprint density at radius 3 is 2.55 bits per heavy atom. The van der Waals surface area contributed by atoms with E-state index in [4.69, 9.17) is 5.11 Å². The van der Waals surface area contributed by atoms with E-state index in [9.17, 15) is 13.6 Å². The third-order valence-electron chi connectivity index (χ3n) is 6.94. The number of benzene rings is 1. The number of aromatic nitrogens is 6. The van der Waals surface area contributed by atoms with Crippen LogP contribution in [0.15, 0.2) is 42.7 Å². The van der Waals surface area contributed by atoms with E-state index in [2.05, 4.69) is 39.7 Å². The number of amides is 1. The number of alkyl halides is 2. The summed E-state index contributed by atoms with van der Waals surface area (Å²) in [4.78, 5) is 14.7. The van der Waals surface area contributed by atoms with Gasteiger partial charge in [0, 0.05) is 23.9 Å². The van der Waals surface area contributed by atoms with E-state index >= 15 is 0 Å². The molecule has 11 heteroatoms. The molecule has 1 saturated carbocycles. The summed E-state index contributed by atoms with van der Waals surface area (Å²) in [5.74, 6) is -2.58. The van der Waals surface area contributed by atoms with E-state index in [0.29, 0.717) is 22.8 Å². The molecule has 40 heavy (non-hydrogen) atoms. The Hall–Kier alpha value is -3.73. The van der Waals surface area contributed by atoms with Crippen molar-refractivity contribution in [1.29, 1.82) is 0 Å². The van der Waals surface area contributed by atoms with Crippen molar-refractivity contribution in [3.63, 3.8) is 0 Å². The van der Waals surface area contributed by atoms with Crippen LogP contribution in [-0.4, -0.2) is 53.4 Å². The Kier molecular flexibility index (Phi) is 8.34. The highest BCUT2D eigenvalue weighted by Crippen LogP contribution is 2.47. The van der Waals surface area contributed by atoms with Crippen molar-refractivity contribution < 1.29 is 18.7 Å². The summed E-state index contributed by atoms with van der Waals surface area (Å²) in [5.41, 5.74) is 5.22. The molecule has 0 unspecified atom stereocenters. The molecule has 3 aromatic heterocycles. The van der Waals surface area contributed by atoms with Gasteiger partial charge < -0.3 is 10.4 Å². The van der Waals surface area contributed by atoms with Gasteiger partial charge in [-0.1, -0.05) is 39.8 Å². The van der Waals surface area contributed by atoms with Crippen LogP contribution in [-0.2, 0) is 0 Å². The summed E-state index contributed by atoms with van der Waals surface area (Å²) in [5, 5.41) is 28.5. The Morgan fingerprint density at radius 1 is 1.20 bits per heavy atom. The minimum absolute atomic E-state index is 0.0628. The summed E-state index contributed by atoms with van der Waals surface area (Å²) >= 11 is 0. The highest BCUT2D eigenvalue weighted by Gasteiger charge is 2.38. The Balaban J connectivity index is 0.000000357. The Bertz CT molecular complexity index is 1480. The zero-order valence-electron chi connectivity index (χ0n) is 23.8. The maximum atomic E-state index is 13.0. The fourth-order valence-electron chi connectivity index (χ4n) is 4.88. The molecule has 1 aliphatic carbocycles. The van der Waals surface area contributed by atoms with E-state index < -0.39 is 12.5 Å². The van der Waals surface area contributed by atoms with Gasteiger partial charge in [-0.25, -0.2) is 13.3 Å². The minimum atomic E-state index is -2.88. The number of hydrogen-bond donors (Lipinski definition) is 2. The van der Waals surface area contributed by atoms with Crippen LogP contribution in [0.25, 0.3) is 16.9 Å². The van der Waals surface area contributed by atoms with Crippen molar-refractivity contribution in [3.05, 3.63) is 59.4 Å². The number of fused-ring (bicyclic) bond motifs is 1. The zero-order chi connectivity index (χ0) is 29.2. The average molecular weight is 554 g/mol. The summed E-state index contributed by atoms with van der Waals surface area (Å²) in [6.07, 6.45) is 5.32. The fraction of sp³-hybridized carbons (Fsp3) is 0.483. The van der Waals surface area contributed by atoms with Crippen molar-refractivity contribution in [2.75, 3.05) is 11.9 Å². The van der Waals surface area contributed by atoms with Crippen molar-refractivity contribution >= 4 is 17.1 Å². The lowest BCUT2D eigenvalue weighted by molar-refractivity contribution is -0.0647. The second kappa shape index (κ2) is 11.4. The van der Waals surface area contributed by atoms with E-state index in [0.717, 1.165) is 40.7 Å². The first-order valence-corrected chi connectivity index (χ1v) is 13.4. The van der Waals surface area contributed by atoms with Crippen LogP contribution in [0.2, 0.25) is 0 Å². The number of hydrogen-bond acceptors (Lipinski definition) is 6. The third kappa shape index (κ3) is 6.88. The van der Waals surface area contributed by atoms with Crippen LogP contribution in [0.1, 0.15) is 74.5 Å². The molecule has 0 radical (unpaired) electrons. The second-order valence-electron chi connectivity index (χ2n) is 11.8. The second-order valence-corrected chi connectivity index (χ2v) is 11.8. The van der Waals surface area contributed by atoms with E-state index in [-0.39, 0.29) is 18.2 Å². The van der Waals surface area contributed by atoms with Crippen molar-refractivity contribution in [2.45, 2.75) is 72.8 Å². The molecular weight excluding hydrogens is 516 g/mol. The van der Waals surface area contributed by atoms with E-state index in [1.54, 1.807) is 29.4 Å². The smallest absolute Gasteiger partial charge is 0.270 e. The lowest BCUT2D eigenvalue weighted by atomic mass is 9.69. The van der Waals surface area contributed by atoms with Gasteiger partial charge in [0.2, 0.25) is 5.82 Å². The summed E-state index contributed by atoms with van der Waals surface area (Å²) in [7, 11) is 0. The number of nitrogens with zero attached hydrogens (tertiary/aromatic N) is 6. The molecule has 214 valence electrons. The van der Waals surface area contributed by atoms with Crippen LogP contribution >= 0.6 is 0 Å². The molecule has 3 heterocycles. The molecular formula is C29H37F2N7O2. The number of pyridine rings is 1. The van der Waals surface area contributed by atoms with Gasteiger partial charge in [0.1, 0.15) is 6.61 Å². The molecule has 1 amide bonds. The number of aryl methyl sites for hydroxylation is 2. The van der Waals surface area contributed by atoms with E-state index in [1.807, 2.05) is 50.4 Å². The normalized spacial score (nSPS) is 15.1. The van der Waals surface area contributed by atoms with E-state index in [1.165, 1.54) is 0 Å². The molecule has 0 aliphatic heterocycles. The number of aliphatic hydroxyl groups is 1. The molecule has 1 fully saturated rings. The zero-order valence-corrected chi connectivity index (χ0v) is 23.8.